The van der Waals surface area contributed by atoms with Crippen LogP contribution in [0.3, 0.4) is 0 Å². The number of para-hydroxylation sites is 1. The number of aromatic nitrogens is 2. The molecule has 76 valence electrons. The van der Waals surface area contributed by atoms with Crippen LogP contribution in [0.1, 0.15) is 0 Å². The van der Waals surface area contributed by atoms with Gasteiger partial charge in [0.05, 0.1) is 10.2 Å². The lowest BCUT2D eigenvalue weighted by atomic mass is 10.2. The lowest BCUT2D eigenvalue weighted by molar-refractivity contribution is 1.44. The van der Waals surface area contributed by atoms with Gasteiger partial charge >= 0.3 is 0 Å². The van der Waals surface area contributed by atoms with Gasteiger partial charge in [0.25, 0.3) is 0 Å². The first-order chi connectivity index (χ1) is 7.93. The molecule has 0 fully saturated rings. The number of H-pyrrole nitrogens is 1. The molecule has 3 aromatic heterocycles. The van der Waals surface area contributed by atoms with Crippen LogP contribution < -0.4 is 0 Å². The molecule has 0 aliphatic heterocycles. The zero-order chi connectivity index (χ0) is 10.5. The summed E-state index contributed by atoms with van der Waals surface area (Å²) in [7, 11) is 0. The van der Waals surface area contributed by atoms with Gasteiger partial charge in [-0.2, -0.15) is 0 Å². The Morgan fingerprint density at radius 3 is 3.00 bits per heavy atom. The van der Waals surface area contributed by atoms with Crippen LogP contribution in [0.4, 0.5) is 0 Å². The maximum atomic E-state index is 4.48. The largest absolute Gasteiger partial charge is 0.346 e. The van der Waals surface area contributed by atoms with E-state index in [1.807, 2.05) is 12.3 Å². The molecule has 1 N–H and O–H groups in total. The lowest BCUT2D eigenvalue weighted by Gasteiger charge is -1.90. The first-order valence-electron chi connectivity index (χ1n) is 5.17. The van der Waals surface area contributed by atoms with Crippen LogP contribution in [0, 0.1) is 0 Å². The first kappa shape index (κ1) is 8.30. The second-order valence-electron chi connectivity index (χ2n) is 3.83. The maximum absolute atomic E-state index is 4.48. The number of fused-ring (bicyclic) bond motifs is 5. The molecule has 0 unspecified atom stereocenters. The van der Waals surface area contributed by atoms with E-state index < -0.39 is 0 Å². The minimum atomic E-state index is 1.11. The molecule has 16 heavy (non-hydrogen) atoms. The smallest absolute Gasteiger partial charge is 0.104 e. The monoisotopic (exact) mass is 224 g/mol. The molecule has 3 heterocycles. The Kier molecular flexibility index (Phi) is 1.47. The van der Waals surface area contributed by atoms with Crippen molar-refractivity contribution in [2.45, 2.75) is 0 Å². The van der Waals surface area contributed by atoms with E-state index in [0.717, 1.165) is 5.52 Å². The van der Waals surface area contributed by atoms with Gasteiger partial charge in [-0.1, -0.05) is 18.2 Å². The number of nitrogens with zero attached hydrogens (tertiary/aromatic N) is 1. The normalized spacial score (nSPS) is 11.8. The third-order valence-electron chi connectivity index (χ3n) is 2.89. The molecule has 0 aliphatic rings. The SMILES string of the molecule is c1ccc2c(c1)[nH]c1sc3cccnc3c12. The molecule has 0 saturated heterocycles. The third kappa shape index (κ3) is 0.933. The fourth-order valence-corrected chi connectivity index (χ4v) is 3.29. The molecule has 4 rings (SSSR count). The Labute approximate surface area is 95.5 Å². The highest BCUT2D eigenvalue weighted by atomic mass is 32.1. The van der Waals surface area contributed by atoms with Crippen molar-refractivity contribution in [1.82, 2.24) is 9.97 Å². The van der Waals surface area contributed by atoms with Gasteiger partial charge in [-0.05, 0) is 18.2 Å². The molecule has 3 heteroatoms. The average Bonchev–Trinajstić information content (AvgIpc) is 2.83. The predicted octanol–water partition coefficient (Wildman–Crippen LogP) is 3.93. The second-order valence-corrected chi connectivity index (χ2v) is 4.88. The number of thiophene rings is 1. The van der Waals surface area contributed by atoms with E-state index in [-0.39, 0.29) is 0 Å². The second kappa shape index (κ2) is 2.83. The van der Waals surface area contributed by atoms with E-state index in [0.29, 0.717) is 0 Å². The summed E-state index contributed by atoms with van der Waals surface area (Å²) in [6, 6.07) is 12.5. The van der Waals surface area contributed by atoms with Crippen LogP contribution in [0.2, 0.25) is 0 Å². The molecule has 0 bridgehead atoms. The zero-order valence-electron chi connectivity index (χ0n) is 8.40. The van der Waals surface area contributed by atoms with Crippen LogP contribution in [-0.4, -0.2) is 9.97 Å². The summed E-state index contributed by atoms with van der Waals surface area (Å²) in [6.45, 7) is 0. The molecule has 0 spiro atoms. The van der Waals surface area contributed by atoms with Crippen LogP contribution in [0.15, 0.2) is 42.6 Å². The molecule has 0 aliphatic carbocycles. The highest BCUT2D eigenvalue weighted by Crippen LogP contribution is 2.36. The number of hydrogen-bond donors (Lipinski definition) is 1. The molecule has 2 nitrogen and oxygen atoms in total. The molecule has 0 radical (unpaired) electrons. The number of benzene rings is 1. The lowest BCUT2D eigenvalue weighted by Crippen LogP contribution is -1.70. The summed E-state index contributed by atoms with van der Waals surface area (Å²) in [5.41, 5.74) is 2.30. The number of aromatic amines is 1. The molecular weight excluding hydrogens is 216 g/mol. The van der Waals surface area contributed by atoms with Crippen LogP contribution in [-0.2, 0) is 0 Å². The van der Waals surface area contributed by atoms with Gasteiger partial charge in [0, 0.05) is 22.5 Å². The van der Waals surface area contributed by atoms with Crippen molar-refractivity contribution in [1.29, 1.82) is 0 Å². The van der Waals surface area contributed by atoms with Gasteiger partial charge in [-0.25, -0.2) is 0 Å². The standard InChI is InChI=1S/C13H8N2S/c1-2-5-9-8(4-1)11-12-10(6-3-7-14-12)16-13(11)15-9/h1-7,15H. The highest BCUT2D eigenvalue weighted by molar-refractivity contribution is 7.25. The zero-order valence-corrected chi connectivity index (χ0v) is 9.21. The molecule has 4 aromatic rings. The number of nitrogens with one attached hydrogen (secondary N) is 1. The maximum Gasteiger partial charge on any atom is 0.104 e. The summed E-state index contributed by atoms with van der Waals surface area (Å²) < 4.78 is 1.24. The Morgan fingerprint density at radius 2 is 2.00 bits per heavy atom. The molecular formula is C13H8N2S. The quantitative estimate of drug-likeness (QED) is 0.481. The minimum Gasteiger partial charge on any atom is -0.346 e. The van der Waals surface area contributed by atoms with Crippen molar-refractivity contribution in [2.24, 2.45) is 0 Å². The summed E-state index contributed by atoms with van der Waals surface area (Å²) in [6.07, 6.45) is 1.86. The van der Waals surface area contributed by atoms with Crippen LogP contribution in [0.5, 0.6) is 0 Å². The topological polar surface area (TPSA) is 28.7 Å². The fraction of sp³-hybridized carbons (Fsp3) is 0. The van der Waals surface area contributed by atoms with Crippen LogP contribution in [0.25, 0.3) is 31.3 Å². The third-order valence-corrected chi connectivity index (χ3v) is 3.95. The van der Waals surface area contributed by atoms with E-state index in [1.54, 1.807) is 11.3 Å². The van der Waals surface area contributed by atoms with Crippen molar-refractivity contribution >= 4 is 42.7 Å². The highest BCUT2D eigenvalue weighted by Gasteiger charge is 2.10. The van der Waals surface area contributed by atoms with Gasteiger partial charge in [0.2, 0.25) is 0 Å². The molecule has 0 saturated carbocycles. The molecule has 1 aromatic carbocycles. The van der Waals surface area contributed by atoms with E-state index in [4.69, 9.17) is 0 Å². The summed E-state index contributed by atoms with van der Waals surface area (Å²) >= 11 is 1.77. The van der Waals surface area contributed by atoms with Gasteiger partial charge in [0.1, 0.15) is 4.83 Å². The molecule has 0 atom stereocenters. The van der Waals surface area contributed by atoms with Crippen molar-refractivity contribution in [3.8, 4) is 0 Å². The first-order valence-corrected chi connectivity index (χ1v) is 5.99. The molecule has 0 amide bonds. The minimum absolute atomic E-state index is 1.11. The summed E-state index contributed by atoms with van der Waals surface area (Å²) in [5.74, 6) is 0. The summed E-state index contributed by atoms with van der Waals surface area (Å²) in [5, 5.41) is 2.53. The van der Waals surface area contributed by atoms with E-state index in [1.165, 1.54) is 25.8 Å². The van der Waals surface area contributed by atoms with Crippen molar-refractivity contribution in [3.63, 3.8) is 0 Å². The Hall–Kier alpha value is -1.87. The number of hydrogen-bond acceptors (Lipinski definition) is 2. The van der Waals surface area contributed by atoms with Gasteiger partial charge in [0.15, 0.2) is 0 Å². The average molecular weight is 224 g/mol. The number of rotatable bonds is 0. The van der Waals surface area contributed by atoms with Crippen molar-refractivity contribution in [2.75, 3.05) is 0 Å². The Balaban J connectivity index is 2.38. The van der Waals surface area contributed by atoms with E-state index in [2.05, 4.69) is 40.3 Å². The fourth-order valence-electron chi connectivity index (χ4n) is 2.20. The Morgan fingerprint density at radius 1 is 1.06 bits per heavy atom. The van der Waals surface area contributed by atoms with E-state index >= 15 is 0 Å². The van der Waals surface area contributed by atoms with Crippen molar-refractivity contribution in [3.05, 3.63) is 42.6 Å². The van der Waals surface area contributed by atoms with E-state index in [9.17, 15) is 0 Å². The summed E-state index contributed by atoms with van der Waals surface area (Å²) in [4.78, 5) is 9.15. The van der Waals surface area contributed by atoms with Gasteiger partial charge in [-0.3, -0.25) is 4.98 Å². The number of pyridine rings is 1. The van der Waals surface area contributed by atoms with Gasteiger partial charge < -0.3 is 4.98 Å². The Bertz CT molecular complexity index is 745. The van der Waals surface area contributed by atoms with Crippen molar-refractivity contribution < 1.29 is 0 Å². The van der Waals surface area contributed by atoms with Crippen LogP contribution >= 0.6 is 11.3 Å². The predicted molar refractivity (Wildman–Crippen MR) is 69.0 cm³/mol. The van der Waals surface area contributed by atoms with Gasteiger partial charge in [-0.15, -0.1) is 11.3 Å².